The van der Waals surface area contributed by atoms with Crippen LogP contribution in [0.5, 0.6) is 5.75 Å². The Hall–Kier alpha value is -2.98. The second kappa shape index (κ2) is 13.4. The first-order chi connectivity index (χ1) is 18.5. The summed E-state index contributed by atoms with van der Waals surface area (Å²) in [4.78, 5) is 28.0. The third-order valence-electron chi connectivity index (χ3n) is 6.02. The van der Waals surface area contributed by atoms with Crippen molar-refractivity contribution in [3.05, 3.63) is 87.4 Å². The number of rotatable bonds is 11. The zero-order chi connectivity index (χ0) is 28.7. The van der Waals surface area contributed by atoms with Crippen LogP contribution in [0.15, 0.2) is 71.6 Å². The maximum absolute atomic E-state index is 13.9. The fourth-order valence-electron chi connectivity index (χ4n) is 3.98. The lowest BCUT2D eigenvalue weighted by Gasteiger charge is -2.33. The van der Waals surface area contributed by atoms with E-state index in [2.05, 4.69) is 5.32 Å². The molecule has 1 N–H and O–H groups in total. The molecule has 0 aliphatic carbocycles. The highest BCUT2D eigenvalue weighted by Gasteiger charge is 2.34. The molecule has 0 aromatic heterocycles. The lowest BCUT2D eigenvalue weighted by Crippen LogP contribution is -2.51. The van der Waals surface area contributed by atoms with E-state index in [1.54, 1.807) is 37.3 Å². The Bertz CT molecular complexity index is 1440. The lowest BCUT2D eigenvalue weighted by molar-refractivity contribution is -0.140. The molecule has 3 rings (SSSR count). The molecule has 3 aromatic carbocycles. The van der Waals surface area contributed by atoms with E-state index in [0.29, 0.717) is 21.4 Å². The molecular formula is C27H28Cl3N3O5S. The monoisotopic (exact) mass is 611 g/mol. The van der Waals surface area contributed by atoms with Crippen molar-refractivity contribution < 1.29 is 22.7 Å². The SMILES string of the molecule is CC[C@H](C(=O)NC)N(Cc1ccc(Cl)cc1Cl)C(=O)CN(c1ccc(OC)c(Cl)c1)S(=O)(=O)c1ccccc1. The molecule has 0 aliphatic rings. The highest BCUT2D eigenvalue weighted by molar-refractivity contribution is 7.92. The highest BCUT2D eigenvalue weighted by atomic mass is 35.5. The van der Waals surface area contributed by atoms with Gasteiger partial charge < -0.3 is 15.0 Å². The van der Waals surface area contributed by atoms with E-state index in [9.17, 15) is 18.0 Å². The molecule has 2 amide bonds. The minimum absolute atomic E-state index is 0.0182. The highest BCUT2D eigenvalue weighted by Crippen LogP contribution is 2.32. The van der Waals surface area contributed by atoms with Gasteiger partial charge in [0.1, 0.15) is 18.3 Å². The first kappa shape index (κ1) is 30.6. The average Bonchev–Trinajstić information content (AvgIpc) is 2.92. The van der Waals surface area contributed by atoms with Crippen molar-refractivity contribution in [2.24, 2.45) is 0 Å². The number of carbonyl (C=O) groups is 2. The Balaban J connectivity index is 2.10. The van der Waals surface area contributed by atoms with Gasteiger partial charge in [-0.25, -0.2) is 8.42 Å². The average molecular weight is 613 g/mol. The van der Waals surface area contributed by atoms with Crippen molar-refractivity contribution in [2.45, 2.75) is 30.8 Å². The van der Waals surface area contributed by atoms with Gasteiger partial charge in [0.05, 0.1) is 22.7 Å². The molecule has 12 heteroatoms. The zero-order valence-electron chi connectivity index (χ0n) is 21.5. The maximum Gasteiger partial charge on any atom is 0.264 e. The van der Waals surface area contributed by atoms with E-state index in [1.807, 2.05) is 0 Å². The van der Waals surface area contributed by atoms with Crippen LogP contribution in [0.25, 0.3) is 0 Å². The fraction of sp³-hybridized carbons (Fsp3) is 0.259. The molecule has 0 unspecified atom stereocenters. The van der Waals surface area contributed by atoms with Crippen LogP contribution < -0.4 is 14.4 Å². The summed E-state index contributed by atoms with van der Waals surface area (Å²) in [5.74, 6) is -0.683. The van der Waals surface area contributed by atoms with E-state index in [1.165, 1.54) is 55.5 Å². The first-order valence-corrected chi connectivity index (χ1v) is 14.5. The molecule has 3 aromatic rings. The van der Waals surface area contributed by atoms with Gasteiger partial charge in [-0.1, -0.05) is 66.0 Å². The molecule has 0 saturated carbocycles. The standard InChI is InChI=1S/C27H28Cl3N3O5S/c1-4-24(27(35)31-2)32(16-18-10-11-19(28)14-22(18)29)26(34)17-33(20-12-13-25(38-3)23(30)15-20)39(36,37)21-8-6-5-7-9-21/h5-15,24H,4,16-17H2,1-3H3,(H,31,35)/t24-/m1/s1. The van der Waals surface area contributed by atoms with Crippen LogP contribution in [0.4, 0.5) is 5.69 Å². The van der Waals surface area contributed by atoms with Gasteiger partial charge >= 0.3 is 0 Å². The number of anilines is 1. The number of likely N-dealkylation sites (N-methyl/N-ethyl adjacent to an activating group) is 1. The lowest BCUT2D eigenvalue weighted by atomic mass is 10.1. The minimum atomic E-state index is -4.22. The molecule has 0 fully saturated rings. The van der Waals surface area contributed by atoms with Gasteiger partial charge in [0.2, 0.25) is 11.8 Å². The number of hydrogen-bond donors (Lipinski definition) is 1. The molecule has 8 nitrogen and oxygen atoms in total. The molecule has 0 bridgehead atoms. The topological polar surface area (TPSA) is 96.0 Å². The van der Waals surface area contributed by atoms with Crippen LogP contribution >= 0.6 is 34.8 Å². The van der Waals surface area contributed by atoms with Crippen LogP contribution in [0.3, 0.4) is 0 Å². The number of hydrogen-bond acceptors (Lipinski definition) is 5. The number of amides is 2. The van der Waals surface area contributed by atoms with Crippen molar-refractivity contribution in [3.8, 4) is 5.75 Å². The van der Waals surface area contributed by atoms with E-state index < -0.39 is 34.4 Å². The second-order valence-electron chi connectivity index (χ2n) is 8.44. The fourth-order valence-corrected chi connectivity index (χ4v) is 6.13. The van der Waals surface area contributed by atoms with Crippen molar-refractivity contribution in [1.29, 1.82) is 0 Å². The van der Waals surface area contributed by atoms with E-state index in [0.717, 1.165) is 4.31 Å². The summed E-state index contributed by atoms with van der Waals surface area (Å²) in [5.41, 5.74) is 0.692. The molecule has 1 atom stereocenters. The van der Waals surface area contributed by atoms with Gasteiger partial charge in [-0.15, -0.1) is 0 Å². The largest absolute Gasteiger partial charge is 0.495 e. The number of nitrogens with zero attached hydrogens (tertiary/aromatic N) is 2. The maximum atomic E-state index is 13.9. The number of benzene rings is 3. The van der Waals surface area contributed by atoms with Crippen LogP contribution in [0.1, 0.15) is 18.9 Å². The first-order valence-electron chi connectivity index (χ1n) is 11.9. The Morgan fingerprint density at radius 1 is 0.974 bits per heavy atom. The van der Waals surface area contributed by atoms with Crippen molar-refractivity contribution in [2.75, 3.05) is 25.0 Å². The van der Waals surface area contributed by atoms with Crippen molar-refractivity contribution >= 4 is 62.3 Å². The number of sulfonamides is 1. The molecule has 0 heterocycles. The minimum Gasteiger partial charge on any atom is -0.495 e. The summed E-state index contributed by atoms with van der Waals surface area (Å²) in [7, 11) is -1.32. The Kier molecular flexibility index (Phi) is 10.5. The summed E-state index contributed by atoms with van der Waals surface area (Å²) >= 11 is 18.7. The van der Waals surface area contributed by atoms with Crippen molar-refractivity contribution in [3.63, 3.8) is 0 Å². The molecule has 0 radical (unpaired) electrons. The summed E-state index contributed by atoms with van der Waals surface area (Å²) < 4.78 is 33.8. The van der Waals surface area contributed by atoms with Crippen LogP contribution in [-0.2, 0) is 26.2 Å². The normalized spacial score (nSPS) is 11.9. The zero-order valence-corrected chi connectivity index (χ0v) is 24.6. The molecular weight excluding hydrogens is 585 g/mol. The van der Waals surface area contributed by atoms with Gasteiger partial charge in [0.15, 0.2) is 0 Å². The summed E-state index contributed by atoms with van der Waals surface area (Å²) in [5, 5.41) is 3.46. The van der Waals surface area contributed by atoms with Crippen molar-refractivity contribution in [1.82, 2.24) is 10.2 Å². The molecule has 0 aliphatic heterocycles. The van der Waals surface area contributed by atoms with E-state index >= 15 is 0 Å². The summed E-state index contributed by atoms with van der Waals surface area (Å²) in [6.07, 6.45) is 0.274. The molecule has 0 saturated heterocycles. The molecule has 208 valence electrons. The Morgan fingerprint density at radius 2 is 1.67 bits per heavy atom. The predicted molar refractivity (Wildman–Crippen MR) is 154 cm³/mol. The number of halogens is 3. The second-order valence-corrected chi connectivity index (χ2v) is 11.6. The predicted octanol–water partition coefficient (Wildman–Crippen LogP) is 5.40. The van der Waals surface area contributed by atoms with Gasteiger partial charge in [-0.3, -0.25) is 13.9 Å². The Labute approximate surface area is 243 Å². The Morgan fingerprint density at radius 3 is 2.23 bits per heavy atom. The van der Waals surface area contributed by atoms with E-state index in [4.69, 9.17) is 39.5 Å². The molecule has 39 heavy (non-hydrogen) atoms. The number of ether oxygens (including phenoxy) is 1. The number of nitrogens with one attached hydrogen (secondary N) is 1. The van der Waals surface area contributed by atoms with Gasteiger partial charge in [-0.05, 0) is 54.4 Å². The summed E-state index contributed by atoms with van der Waals surface area (Å²) in [6, 6.07) is 16.1. The van der Waals surface area contributed by atoms with Gasteiger partial charge in [0.25, 0.3) is 10.0 Å². The number of methoxy groups -OCH3 is 1. The summed E-state index contributed by atoms with van der Waals surface area (Å²) in [6.45, 7) is 1.09. The van der Waals surface area contributed by atoms with Crippen LogP contribution in [-0.4, -0.2) is 51.9 Å². The quantitative estimate of drug-likeness (QED) is 0.313. The molecule has 0 spiro atoms. The smallest absolute Gasteiger partial charge is 0.264 e. The van der Waals surface area contributed by atoms with Gasteiger partial charge in [-0.2, -0.15) is 0 Å². The third-order valence-corrected chi connectivity index (χ3v) is 8.69. The van der Waals surface area contributed by atoms with Crippen LogP contribution in [0, 0.1) is 0 Å². The van der Waals surface area contributed by atoms with Crippen LogP contribution in [0.2, 0.25) is 15.1 Å². The third kappa shape index (κ3) is 7.16. The number of carbonyl (C=O) groups excluding carboxylic acids is 2. The van der Waals surface area contributed by atoms with Gasteiger partial charge in [0, 0.05) is 23.6 Å². The van der Waals surface area contributed by atoms with E-state index in [-0.39, 0.29) is 28.6 Å².